The number of ether oxygens (including phenoxy) is 2. The highest BCUT2D eigenvalue weighted by Crippen LogP contribution is 2.30. The van der Waals surface area contributed by atoms with Gasteiger partial charge in [0.25, 0.3) is 5.91 Å². The van der Waals surface area contributed by atoms with Gasteiger partial charge in [0.2, 0.25) is 0 Å². The maximum Gasteiger partial charge on any atom is 0.251 e. The lowest BCUT2D eigenvalue weighted by molar-refractivity contribution is -0.119. The molecular weight excluding hydrogens is 306 g/mol. The molecule has 0 aliphatic carbocycles. The standard InChI is InChI=1S/C18H19N3O3/c1-12-4-9-15-19-17(13-5-7-14(24-3)8-6-13)18(21(15)10-12)20-16(22)11-23-2/h4-10H,11H2,1-3H3,(H,20,22). The number of anilines is 1. The van der Waals surface area contributed by atoms with Gasteiger partial charge in [-0.15, -0.1) is 0 Å². The first kappa shape index (κ1) is 16.0. The number of fused-ring (bicyclic) bond motifs is 1. The maximum atomic E-state index is 12.0. The molecule has 0 aliphatic heterocycles. The monoisotopic (exact) mass is 325 g/mol. The van der Waals surface area contributed by atoms with E-state index >= 15 is 0 Å². The Bertz CT molecular complexity index is 869. The summed E-state index contributed by atoms with van der Waals surface area (Å²) in [6.45, 7) is 1.98. The highest BCUT2D eigenvalue weighted by Gasteiger charge is 2.16. The van der Waals surface area contributed by atoms with Gasteiger partial charge in [0.05, 0.1) is 7.11 Å². The summed E-state index contributed by atoms with van der Waals surface area (Å²) in [5.74, 6) is 1.17. The molecule has 0 bridgehead atoms. The van der Waals surface area contributed by atoms with E-state index < -0.39 is 0 Å². The number of hydrogen-bond donors (Lipinski definition) is 1. The Balaban J connectivity index is 2.12. The van der Waals surface area contributed by atoms with Crippen molar-refractivity contribution in [1.82, 2.24) is 9.38 Å². The number of benzene rings is 1. The number of aryl methyl sites for hydroxylation is 1. The Labute approximate surface area is 140 Å². The van der Waals surface area contributed by atoms with Crippen molar-refractivity contribution >= 4 is 17.4 Å². The van der Waals surface area contributed by atoms with Gasteiger partial charge in [-0.1, -0.05) is 6.07 Å². The number of hydrogen-bond acceptors (Lipinski definition) is 4. The Hall–Kier alpha value is -2.86. The molecule has 0 atom stereocenters. The van der Waals surface area contributed by atoms with Gasteiger partial charge in [0.15, 0.2) is 0 Å². The molecule has 24 heavy (non-hydrogen) atoms. The van der Waals surface area contributed by atoms with E-state index in [1.54, 1.807) is 7.11 Å². The summed E-state index contributed by atoms with van der Waals surface area (Å²) < 4.78 is 12.0. The van der Waals surface area contributed by atoms with Gasteiger partial charge in [-0.05, 0) is 42.8 Å². The molecule has 0 unspecified atom stereocenters. The van der Waals surface area contributed by atoms with E-state index in [-0.39, 0.29) is 12.5 Å². The van der Waals surface area contributed by atoms with Crippen LogP contribution in [0.25, 0.3) is 16.9 Å². The summed E-state index contributed by atoms with van der Waals surface area (Å²) in [5, 5.41) is 2.89. The summed E-state index contributed by atoms with van der Waals surface area (Å²) >= 11 is 0. The largest absolute Gasteiger partial charge is 0.497 e. The lowest BCUT2D eigenvalue weighted by Crippen LogP contribution is -2.18. The molecule has 1 aromatic carbocycles. The number of imidazole rings is 1. The van der Waals surface area contributed by atoms with Crippen LogP contribution in [0.2, 0.25) is 0 Å². The number of carbonyl (C=O) groups excluding carboxylic acids is 1. The average molecular weight is 325 g/mol. The molecule has 2 heterocycles. The molecule has 3 rings (SSSR count). The van der Waals surface area contributed by atoms with Crippen LogP contribution in [0.4, 0.5) is 5.82 Å². The van der Waals surface area contributed by atoms with Gasteiger partial charge in [0, 0.05) is 18.9 Å². The van der Waals surface area contributed by atoms with Crippen LogP contribution in [0.3, 0.4) is 0 Å². The Morgan fingerprint density at radius 3 is 2.58 bits per heavy atom. The number of nitrogens with zero attached hydrogens (tertiary/aromatic N) is 2. The second-order valence-corrected chi connectivity index (χ2v) is 5.45. The molecule has 1 N–H and O–H groups in total. The molecular formula is C18H19N3O3. The van der Waals surface area contributed by atoms with E-state index in [2.05, 4.69) is 10.3 Å². The normalized spacial score (nSPS) is 10.8. The molecule has 3 aromatic rings. The first-order valence-electron chi connectivity index (χ1n) is 7.54. The van der Waals surface area contributed by atoms with Crippen LogP contribution < -0.4 is 10.1 Å². The van der Waals surface area contributed by atoms with Crippen LogP contribution in [0, 0.1) is 6.92 Å². The van der Waals surface area contributed by atoms with E-state index in [1.807, 2.05) is 53.9 Å². The van der Waals surface area contributed by atoms with Crippen LogP contribution in [0.15, 0.2) is 42.6 Å². The fourth-order valence-corrected chi connectivity index (χ4v) is 2.52. The highest BCUT2D eigenvalue weighted by molar-refractivity contribution is 5.95. The maximum absolute atomic E-state index is 12.0. The molecule has 0 radical (unpaired) electrons. The molecule has 0 fully saturated rings. The van der Waals surface area contributed by atoms with Crippen molar-refractivity contribution in [3.8, 4) is 17.0 Å². The predicted molar refractivity (Wildman–Crippen MR) is 92.4 cm³/mol. The third-order valence-corrected chi connectivity index (χ3v) is 3.66. The van der Waals surface area contributed by atoms with E-state index in [1.165, 1.54) is 7.11 Å². The zero-order valence-electron chi connectivity index (χ0n) is 13.9. The molecule has 0 saturated carbocycles. The number of amides is 1. The number of methoxy groups -OCH3 is 2. The minimum atomic E-state index is -0.226. The minimum absolute atomic E-state index is 0.0128. The highest BCUT2D eigenvalue weighted by atomic mass is 16.5. The second kappa shape index (κ2) is 6.72. The molecule has 0 saturated heterocycles. The fourth-order valence-electron chi connectivity index (χ4n) is 2.52. The van der Waals surface area contributed by atoms with Crippen LogP contribution in [-0.2, 0) is 9.53 Å². The fraction of sp³-hybridized carbons (Fsp3) is 0.222. The number of rotatable bonds is 5. The van der Waals surface area contributed by atoms with E-state index in [0.29, 0.717) is 11.5 Å². The van der Waals surface area contributed by atoms with Crippen molar-refractivity contribution in [3.63, 3.8) is 0 Å². The Kier molecular flexibility index (Phi) is 4.48. The quantitative estimate of drug-likeness (QED) is 0.783. The van der Waals surface area contributed by atoms with E-state index in [9.17, 15) is 4.79 Å². The molecule has 0 spiro atoms. The van der Waals surface area contributed by atoms with Gasteiger partial charge in [-0.3, -0.25) is 9.20 Å². The zero-order valence-corrected chi connectivity index (χ0v) is 13.9. The van der Waals surface area contributed by atoms with Crippen molar-refractivity contribution in [2.75, 3.05) is 26.1 Å². The summed E-state index contributed by atoms with van der Waals surface area (Å²) in [6, 6.07) is 11.5. The third-order valence-electron chi connectivity index (χ3n) is 3.66. The predicted octanol–water partition coefficient (Wildman–Crippen LogP) is 2.90. The summed E-state index contributed by atoms with van der Waals surface area (Å²) in [7, 11) is 3.11. The second-order valence-electron chi connectivity index (χ2n) is 5.45. The van der Waals surface area contributed by atoms with Crippen LogP contribution in [-0.4, -0.2) is 36.1 Å². The van der Waals surface area contributed by atoms with Crippen LogP contribution >= 0.6 is 0 Å². The molecule has 0 aliphatic rings. The first-order chi connectivity index (χ1) is 11.6. The molecule has 6 nitrogen and oxygen atoms in total. The number of carbonyl (C=O) groups is 1. The first-order valence-corrected chi connectivity index (χ1v) is 7.54. The smallest absolute Gasteiger partial charge is 0.251 e. The van der Waals surface area contributed by atoms with E-state index in [0.717, 1.165) is 22.5 Å². The summed E-state index contributed by atoms with van der Waals surface area (Å²) in [4.78, 5) is 16.7. The van der Waals surface area contributed by atoms with Gasteiger partial charge in [-0.2, -0.15) is 0 Å². The van der Waals surface area contributed by atoms with Crippen molar-refractivity contribution in [2.45, 2.75) is 6.92 Å². The van der Waals surface area contributed by atoms with Gasteiger partial charge < -0.3 is 14.8 Å². The third kappa shape index (κ3) is 3.09. The zero-order chi connectivity index (χ0) is 17.1. The van der Waals surface area contributed by atoms with E-state index in [4.69, 9.17) is 9.47 Å². The van der Waals surface area contributed by atoms with Crippen molar-refractivity contribution in [1.29, 1.82) is 0 Å². The number of pyridine rings is 1. The van der Waals surface area contributed by atoms with Gasteiger partial charge in [0.1, 0.15) is 29.5 Å². The molecule has 1 amide bonds. The topological polar surface area (TPSA) is 64.9 Å². The van der Waals surface area contributed by atoms with Crippen molar-refractivity contribution in [3.05, 3.63) is 48.2 Å². The average Bonchev–Trinajstić information content (AvgIpc) is 2.93. The van der Waals surface area contributed by atoms with Crippen molar-refractivity contribution < 1.29 is 14.3 Å². The summed E-state index contributed by atoms with van der Waals surface area (Å²) in [6.07, 6.45) is 1.94. The molecule has 6 heteroatoms. The minimum Gasteiger partial charge on any atom is -0.497 e. The van der Waals surface area contributed by atoms with Gasteiger partial charge in [-0.25, -0.2) is 4.98 Å². The Morgan fingerprint density at radius 1 is 1.17 bits per heavy atom. The van der Waals surface area contributed by atoms with Crippen LogP contribution in [0.1, 0.15) is 5.56 Å². The lowest BCUT2D eigenvalue weighted by atomic mass is 10.1. The lowest BCUT2D eigenvalue weighted by Gasteiger charge is -2.08. The number of aromatic nitrogens is 2. The number of nitrogens with one attached hydrogen (secondary N) is 1. The van der Waals surface area contributed by atoms with Gasteiger partial charge >= 0.3 is 0 Å². The van der Waals surface area contributed by atoms with Crippen LogP contribution in [0.5, 0.6) is 5.75 Å². The SMILES string of the molecule is COCC(=O)Nc1c(-c2ccc(OC)cc2)nc2ccc(C)cn12. The summed E-state index contributed by atoms with van der Waals surface area (Å²) in [5.41, 5.74) is 3.43. The molecule has 2 aromatic heterocycles. The Morgan fingerprint density at radius 2 is 1.92 bits per heavy atom. The molecule has 124 valence electrons. The van der Waals surface area contributed by atoms with Crippen molar-refractivity contribution in [2.24, 2.45) is 0 Å².